The monoisotopic (exact) mass is 300 g/mol. The Hall–Kier alpha value is -0.780. The fourth-order valence-corrected chi connectivity index (χ4v) is 6.13. The molecule has 4 aliphatic rings. The third-order valence-corrected chi connectivity index (χ3v) is 7.33. The van der Waals surface area contributed by atoms with Gasteiger partial charge in [0, 0.05) is 12.3 Å². The topological polar surface area (TPSA) is 18.5 Å². The van der Waals surface area contributed by atoms with Crippen molar-refractivity contribution in [1.29, 1.82) is 0 Å². The summed E-state index contributed by atoms with van der Waals surface area (Å²) in [6.45, 7) is 6.33. The molecule has 3 aliphatic carbocycles. The van der Waals surface area contributed by atoms with Gasteiger partial charge in [0.05, 0.1) is 18.6 Å². The summed E-state index contributed by atoms with van der Waals surface area (Å²) in [6.07, 6.45) is 16.7. The lowest BCUT2D eigenvalue weighted by atomic mass is 9.46. The van der Waals surface area contributed by atoms with E-state index in [2.05, 4.69) is 25.8 Å². The largest absolute Gasteiger partial charge is 0.347 e. The van der Waals surface area contributed by atoms with Crippen LogP contribution < -0.4 is 0 Å². The molecule has 1 spiro atoms. The van der Waals surface area contributed by atoms with Crippen LogP contribution in [0.3, 0.4) is 0 Å². The third kappa shape index (κ3) is 1.76. The van der Waals surface area contributed by atoms with Crippen LogP contribution in [-0.4, -0.2) is 19.0 Å². The predicted octanol–water partition coefficient (Wildman–Crippen LogP) is 4.31. The van der Waals surface area contributed by atoms with Crippen molar-refractivity contribution in [3.05, 3.63) is 11.6 Å². The highest BCUT2D eigenvalue weighted by molar-refractivity contribution is 5.37. The Balaban J connectivity index is 1.73. The molecule has 0 aromatic heterocycles. The van der Waals surface area contributed by atoms with Crippen LogP contribution >= 0.6 is 0 Å². The summed E-state index contributed by atoms with van der Waals surface area (Å²) >= 11 is 0. The van der Waals surface area contributed by atoms with Crippen molar-refractivity contribution in [2.24, 2.45) is 22.7 Å². The molecule has 1 heterocycles. The summed E-state index contributed by atoms with van der Waals surface area (Å²) in [5, 5.41) is 0. The van der Waals surface area contributed by atoms with Crippen LogP contribution in [0, 0.1) is 35.0 Å². The second kappa shape index (κ2) is 4.86. The molecule has 4 rings (SSSR count). The average molecular weight is 300 g/mol. The van der Waals surface area contributed by atoms with Crippen LogP contribution in [0.4, 0.5) is 0 Å². The Bertz CT molecular complexity index is 536. The molecular formula is C20H28O2. The Morgan fingerprint density at radius 2 is 1.95 bits per heavy atom. The average Bonchev–Trinajstić information content (AvgIpc) is 3.02. The van der Waals surface area contributed by atoms with E-state index in [1.54, 1.807) is 5.57 Å². The van der Waals surface area contributed by atoms with Crippen molar-refractivity contribution in [3.8, 4) is 12.3 Å². The molecule has 1 aliphatic heterocycles. The first-order valence-electron chi connectivity index (χ1n) is 9.03. The van der Waals surface area contributed by atoms with Crippen LogP contribution in [0.1, 0.15) is 58.8 Å². The Labute approximate surface area is 134 Å². The Morgan fingerprint density at radius 3 is 2.68 bits per heavy atom. The van der Waals surface area contributed by atoms with Crippen LogP contribution in [0.25, 0.3) is 0 Å². The predicted molar refractivity (Wildman–Crippen MR) is 87.1 cm³/mol. The number of terminal acetylenes is 1. The van der Waals surface area contributed by atoms with E-state index in [9.17, 15) is 0 Å². The van der Waals surface area contributed by atoms with Crippen molar-refractivity contribution in [1.82, 2.24) is 0 Å². The van der Waals surface area contributed by atoms with Gasteiger partial charge in [0.15, 0.2) is 5.79 Å². The lowest BCUT2D eigenvalue weighted by molar-refractivity contribution is -0.243. The number of hydrogen-bond acceptors (Lipinski definition) is 2. The molecule has 0 radical (unpaired) electrons. The summed E-state index contributed by atoms with van der Waals surface area (Å²) in [7, 11) is 0. The summed E-state index contributed by atoms with van der Waals surface area (Å²) < 4.78 is 12.2. The van der Waals surface area contributed by atoms with E-state index in [-0.39, 0.29) is 16.6 Å². The van der Waals surface area contributed by atoms with Gasteiger partial charge in [-0.2, -0.15) is 0 Å². The molecule has 0 amide bonds. The minimum absolute atomic E-state index is 0.0467. The zero-order valence-electron chi connectivity index (χ0n) is 14.0. The van der Waals surface area contributed by atoms with Crippen molar-refractivity contribution in [2.75, 3.05) is 13.2 Å². The van der Waals surface area contributed by atoms with Gasteiger partial charge in [0.2, 0.25) is 0 Å². The molecule has 1 saturated heterocycles. The summed E-state index contributed by atoms with van der Waals surface area (Å²) in [5.74, 6) is 3.99. The van der Waals surface area contributed by atoms with Gasteiger partial charge in [-0.3, -0.25) is 0 Å². The third-order valence-electron chi connectivity index (χ3n) is 7.33. The first kappa shape index (κ1) is 14.8. The van der Waals surface area contributed by atoms with Crippen LogP contribution in [0.5, 0.6) is 0 Å². The molecule has 2 saturated carbocycles. The van der Waals surface area contributed by atoms with Crippen molar-refractivity contribution in [3.63, 3.8) is 0 Å². The van der Waals surface area contributed by atoms with E-state index in [1.165, 1.54) is 25.7 Å². The number of allylic oxidation sites excluding steroid dienone is 2. The maximum absolute atomic E-state index is 6.09. The number of hydrogen-bond donors (Lipinski definition) is 0. The number of fused-ring (bicyclic) bond motifs is 3. The lowest BCUT2D eigenvalue weighted by Gasteiger charge is -2.60. The normalized spacial score (nSPS) is 46.5. The Morgan fingerprint density at radius 1 is 1.18 bits per heavy atom. The second-order valence-corrected chi connectivity index (χ2v) is 8.10. The van der Waals surface area contributed by atoms with Crippen LogP contribution in [0.15, 0.2) is 11.6 Å². The summed E-state index contributed by atoms with van der Waals surface area (Å²) in [6, 6.07) is 0. The molecule has 0 aromatic rings. The smallest absolute Gasteiger partial charge is 0.171 e. The van der Waals surface area contributed by atoms with Gasteiger partial charge in [0.1, 0.15) is 0 Å². The van der Waals surface area contributed by atoms with E-state index in [4.69, 9.17) is 15.9 Å². The van der Waals surface area contributed by atoms with Gasteiger partial charge in [-0.05, 0) is 55.4 Å². The second-order valence-electron chi connectivity index (χ2n) is 8.10. The molecule has 1 unspecified atom stereocenters. The molecule has 4 atom stereocenters. The zero-order chi connectivity index (χ0) is 15.4. The van der Waals surface area contributed by atoms with Gasteiger partial charge in [0.25, 0.3) is 0 Å². The van der Waals surface area contributed by atoms with E-state index in [0.717, 1.165) is 32.5 Å². The van der Waals surface area contributed by atoms with E-state index in [1.807, 2.05) is 0 Å². The SMILES string of the molecule is C#C[C@]12CCCC=C1[C@@]1(C)CCC3(OCCO3)C(C)[C@@H]1CC2. The van der Waals surface area contributed by atoms with Crippen LogP contribution in [-0.2, 0) is 9.47 Å². The summed E-state index contributed by atoms with van der Waals surface area (Å²) in [4.78, 5) is 0. The van der Waals surface area contributed by atoms with Gasteiger partial charge in [-0.25, -0.2) is 0 Å². The maximum atomic E-state index is 6.09. The van der Waals surface area contributed by atoms with Crippen molar-refractivity contribution >= 4 is 0 Å². The molecule has 120 valence electrons. The van der Waals surface area contributed by atoms with Crippen molar-refractivity contribution in [2.45, 2.75) is 64.6 Å². The fraction of sp³-hybridized carbons (Fsp3) is 0.800. The zero-order valence-corrected chi connectivity index (χ0v) is 14.0. The van der Waals surface area contributed by atoms with Gasteiger partial charge in [-0.1, -0.05) is 25.8 Å². The van der Waals surface area contributed by atoms with Crippen molar-refractivity contribution < 1.29 is 9.47 Å². The van der Waals surface area contributed by atoms with E-state index < -0.39 is 0 Å². The van der Waals surface area contributed by atoms with Crippen LogP contribution in [0.2, 0.25) is 0 Å². The number of ether oxygens (including phenoxy) is 2. The molecule has 0 N–H and O–H groups in total. The highest BCUT2D eigenvalue weighted by Gasteiger charge is 2.60. The minimum Gasteiger partial charge on any atom is -0.347 e. The first-order valence-corrected chi connectivity index (χ1v) is 9.03. The minimum atomic E-state index is -0.310. The molecule has 3 fully saturated rings. The fourth-order valence-electron chi connectivity index (χ4n) is 6.13. The van der Waals surface area contributed by atoms with E-state index >= 15 is 0 Å². The maximum Gasteiger partial charge on any atom is 0.171 e. The van der Waals surface area contributed by atoms with Gasteiger partial charge in [-0.15, -0.1) is 6.42 Å². The lowest BCUT2D eigenvalue weighted by Crippen LogP contribution is -2.56. The highest BCUT2D eigenvalue weighted by Crippen LogP contribution is 2.65. The molecule has 22 heavy (non-hydrogen) atoms. The van der Waals surface area contributed by atoms with Gasteiger partial charge >= 0.3 is 0 Å². The molecule has 0 bridgehead atoms. The summed E-state index contributed by atoms with van der Waals surface area (Å²) in [5.41, 5.74) is 1.88. The Kier molecular flexibility index (Phi) is 3.26. The molecule has 2 heteroatoms. The van der Waals surface area contributed by atoms with Gasteiger partial charge < -0.3 is 9.47 Å². The quantitative estimate of drug-likeness (QED) is 0.490. The number of rotatable bonds is 0. The molecule has 0 aromatic carbocycles. The standard InChI is InChI=1S/C20H28O2/c1-4-19-9-6-5-7-17(19)18(3)11-12-20(21-13-14-22-20)15(2)16(18)8-10-19/h1,7,15-16H,5-6,8-14H2,2-3H3/t15?,16-,18-,19+/m0/s1. The van der Waals surface area contributed by atoms with E-state index in [0.29, 0.717) is 11.8 Å². The first-order chi connectivity index (χ1) is 10.6. The molecular weight excluding hydrogens is 272 g/mol. The molecule has 2 nitrogen and oxygen atoms in total. The highest BCUT2D eigenvalue weighted by atomic mass is 16.7.